The zero-order valence-electron chi connectivity index (χ0n) is 12.8. The highest BCUT2D eigenvalue weighted by Crippen LogP contribution is 2.33. The maximum Gasteiger partial charge on any atom is 0.342 e. The van der Waals surface area contributed by atoms with Crippen LogP contribution in [-0.2, 0) is 17.6 Å². The van der Waals surface area contributed by atoms with E-state index in [1.54, 1.807) is 7.11 Å². The molecule has 0 bridgehead atoms. The van der Waals surface area contributed by atoms with Crippen molar-refractivity contribution in [2.24, 2.45) is 0 Å². The van der Waals surface area contributed by atoms with Crippen molar-refractivity contribution in [2.45, 2.75) is 25.4 Å². The molecule has 0 amide bonds. The van der Waals surface area contributed by atoms with Crippen molar-refractivity contribution in [3.8, 4) is 17.2 Å². The quantitative estimate of drug-likeness (QED) is 0.849. The van der Waals surface area contributed by atoms with Crippen molar-refractivity contribution in [1.29, 1.82) is 0 Å². The molecule has 0 aromatic heterocycles. The summed E-state index contributed by atoms with van der Waals surface area (Å²) in [7, 11) is 1.62. The van der Waals surface area contributed by atoms with Gasteiger partial charge in [-0.3, -0.25) is 0 Å². The van der Waals surface area contributed by atoms with Gasteiger partial charge in [0.1, 0.15) is 28.9 Å². The fraction of sp³-hybridized carbons (Fsp3) is 0.278. The van der Waals surface area contributed by atoms with Crippen LogP contribution < -0.4 is 4.74 Å². The normalized spacial score (nSPS) is 16.6. The zero-order valence-corrected chi connectivity index (χ0v) is 12.8. The topological polar surface area (TPSA) is 76.0 Å². The molecule has 0 spiro atoms. The van der Waals surface area contributed by atoms with Gasteiger partial charge in [0, 0.05) is 12.5 Å². The number of hydrogen-bond donors (Lipinski definition) is 2. The molecule has 5 heteroatoms. The molecule has 0 saturated heterocycles. The van der Waals surface area contributed by atoms with Crippen molar-refractivity contribution >= 4 is 5.97 Å². The van der Waals surface area contributed by atoms with Crippen LogP contribution in [0.1, 0.15) is 27.9 Å². The van der Waals surface area contributed by atoms with E-state index in [1.165, 1.54) is 6.07 Å². The highest BCUT2D eigenvalue weighted by Gasteiger charge is 2.29. The number of phenols is 2. The molecule has 5 nitrogen and oxygen atoms in total. The Morgan fingerprint density at radius 2 is 1.96 bits per heavy atom. The Morgan fingerprint density at radius 3 is 2.65 bits per heavy atom. The van der Waals surface area contributed by atoms with E-state index in [0.29, 0.717) is 18.4 Å². The van der Waals surface area contributed by atoms with Gasteiger partial charge >= 0.3 is 5.97 Å². The third-order valence-corrected chi connectivity index (χ3v) is 4.02. The maximum atomic E-state index is 12.0. The maximum absolute atomic E-state index is 12.0. The number of aromatic hydroxyl groups is 2. The van der Waals surface area contributed by atoms with E-state index in [1.807, 2.05) is 24.3 Å². The molecule has 0 fully saturated rings. The fourth-order valence-corrected chi connectivity index (χ4v) is 2.84. The van der Waals surface area contributed by atoms with E-state index in [2.05, 4.69) is 0 Å². The second kappa shape index (κ2) is 6.20. The van der Waals surface area contributed by atoms with Gasteiger partial charge in [0.15, 0.2) is 0 Å². The number of fused-ring (bicyclic) bond motifs is 1. The largest absolute Gasteiger partial charge is 0.508 e. The van der Waals surface area contributed by atoms with Gasteiger partial charge in [0.25, 0.3) is 0 Å². The lowest BCUT2D eigenvalue weighted by Crippen LogP contribution is -2.28. The summed E-state index contributed by atoms with van der Waals surface area (Å²) in [4.78, 5) is 12.0. The summed E-state index contributed by atoms with van der Waals surface area (Å²) in [6.07, 6.45) is 1.66. The highest BCUT2D eigenvalue weighted by atomic mass is 16.5. The first kappa shape index (κ1) is 15.2. The molecule has 2 aromatic rings. The van der Waals surface area contributed by atoms with Crippen molar-refractivity contribution < 1.29 is 24.5 Å². The van der Waals surface area contributed by atoms with Crippen molar-refractivity contribution in [3.05, 3.63) is 53.1 Å². The van der Waals surface area contributed by atoms with Gasteiger partial charge in [-0.05, 0) is 42.2 Å². The molecule has 1 aliphatic rings. The highest BCUT2D eigenvalue weighted by molar-refractivity contribution is 5.95. The predicted molar refractivity (Wildman–Crippen MR) is 84.0 cm³/mol. The number of carbonyl (C=O) groups excluding carboxylic acids is 1. The third-order valence-electron chi connectivity index (χ3n) is 4.02. The van der Waals surface area contributed by atoms with Crippen LogP contribution in [0.5, 0.6) is 17.2 Å². The van der Waals surface area contributed by atoms with Gasteiger partial charge in [-0.1, -0.05) is 12.1 Å². The van der Waals surface area contributed by atoms with E-state index in [4.69, 9.17) is 9.47 Å². The summed E-state index contributed by atoms with van der Waals surface area (Å²) in [6, 6.07) is 10.4. The van der Waals surface area contributed by atoms with Crippen LogP contribution in [0.2, 0.25) is 0 Å². The van der Waals surface area contributed by atoms with Crippen molar-refractivity contribution in [3.63, 3.8) is 0 Å². The number of benzene rings is 2. The molecule has 0 aliphatic carbocycles. The number of phenolic OH excluding ortho intramolecular Hbond substituents is 2. The van der Waals surface area contributed by atoms with E-state index < -0.39 is 5.97 Å². The molecule has 3 rings (SSSR count). The second-order valence-electron chi connectivity index (χ2n) is 5.62. The molecular weight excluding hydrogens is 296 g/mol. The molecular formula is C18H18O5. The third kappa shape index (κ3) is 3.23. The molecule has 1 aliphatic heterocycles. The first-order valence-electron chi connectivity index (χ1n) is 7.45. The SMILES string of the molecule is COc1ccc(CC[C@H]2Cc3cc(O)cc(O)c3C(=O)O2)cc1. The van der Waals surface area contributed by atoms with Crippen LogP contribution in [0.15, 0.2) is 36.4 Å². The summed E-state index contributed by atoms with van der Waals surface area (Å²) in [5.74, 6) is -0.0235. The Balaban J connectivity index is 1.69. The summed E-state index contributed by atoms with van der Waals surface area (Å²) in [5.41, 5.74) is 1.91. The average molecular weight is 314 g/mol. The number of cyclic esters (lactones) is 1. The average Bonchev–Trinajstić information content (AvgIpc) is 2.52. The second-order valence-corrected chi connectivity index (χ2v) is 5.62. The Kier molecular flexibility index (Phi) is 4.10. The van der Waals surface area contributed by atoms with Gasteiger partial charge in [-0.2, -0.15) is 0 Å². The lowest BCUT2D eigenvalue weighted by Gasteiger charge is -2.25. The van der Waals surface area contributed by atoms with E-state index in [-0.39, 0.29) is 23.2 Å². The Bertz CT molecular complexity index is 721. The minimum Gasteiger partial charge on any atom is -0.508 e. The van der Waals surface area contributed by atoms with Gasteiger partial charge < -0.3 is 19.7 Å². The van der Waals surface area contributed by atoms with Crippen LogP contribution >= 0.6 is 0 Å². The molecule has 120 valence electrons. The molecule has 1 atom stereocenters. The zero-order chi connectivity index (χ0) is 16.4. The number of hydrogen-bond acceptors (Lipinski definition) is 5. The fourth-order valence-electron chi connectivity index (χ4n) is 2.84. The van der Waals surface area contributed by atoms with E-state index in [0.717, 1.165) is 23.8 Å². The first-order valence-corrected chi connectivity index (χ1v) is 7.45. The number of methoxy groups -OCH3 is 1. The molecule has 0 unspecified atom stereocenters. The van der Waals surface area contributed by atoms with Gasteiger partial charge in [0.2, 0.25) is 0 Å². The summed E-state index contributed by atoms with van der Waals surface area (Å²) in [6.45, 7) is 0. The molecule has 0 saturated carbocycles. The number of esters is 1. The number of ether oxygens (including phenoxy) is 2. The van der Waals surface area contributed by atoms with Crippen LogP contribution in [0.25, 0.3) is 0 Å². The Morgan fingerprint density at radius 1 is 1.22 bits per heavy atom. The minimum absolute atomic E-state index is 0.0511. The van der Waals surface area contributed by atoms with Crippen LogP contribution in [0.3, 0.4) is 0 Å². The van der Waals surface area contributed by atoms with Gasteiger partial charge in [0.05, 0.1) is 7.11 Å². The molecule has 23 heavy (non-hydrogen) atoms. The Labute approximate surface area is 134 Å². The predicted octanol–water partition coefficient (Wildman–Crippen LogP) is 2.82. The number of rotatable bonds is 4. The lowest BCUT2D eigenvalue weighted by atomic mass is 9.94. The van der Waals surface area contributed by atoms with E-state index in [9.17, 15) is 15.0 Å². The van der Waals surface area contributed by atoms with Gasteiger partial charge in [-0.15, -0.1) is 0 Å². The molecule has 2 N–H and O–H groups in total. The van der Waals surface area contributed by atoms with Crippen LogP contribution in [0.4, 0.5) is 0 Å². The molecule has 1 heterocycles. The van der Waals surface area contributed by atoms with Crippen LogP contribution in [-0.4, -0.2) is 29.4 Å². The number of carbonyl (C=O) groups is 1. The number of aryl methyl sites for hydroxylation is 1. The van der Waals surface area contributed by atoms with Crippen LogP contribution in [0, 0.1) is 0 Å². The lowest BCUT2D eigenvalue weighted by molar-refractivity contribution is 0.0234. The van der Waals surface area contributed by atoms with Crippen molar-refractivity contribution in [2.75, 3.05) is 7.11 Å². The summed E-state index contributed by atoms with van der Waals surface area (Å²) in [5, 5.41) is 19.4. The summed E-state index contributed by atoms with van der Waals surface area (Å²) >= 11 is 0. The van der Waals surface area contributed by atoms with Gasteiger partial charge in [-0.25, -0.2) is 4.79 Å². The monoisotopic (exact) mass is 314 g/mol. The first-order chi connectivity index (χ1) is 11.1. The smallest absolute Gasteiger partial charge is 0.342 e. The Hall–Kier alpha value is -2.69. The standard InChI is InChI=1S/C18H18O5/c1-22-14-5-2-11(3-6-14)4-7-15-9-12-8-13(19)10-16(20)17(12)18(21)23-15/h2-3,5-6,8,10,15,19-20H,4,7,9H2,1H3/t15-/m0/s1. The minimum atomic E-state index is -0.538. The molecule has 0 radical (unpaired) electrons. The molecule has 2 aromatic carbocycles. The van der Waals surface area contributed by atoms with Crippen molar-refractivity contribution in [1.82, 2.24) is 0 Å². The summed E-state index contributed by atoms with van der Waals surface area (Å²) < 4.78 is 10.5. The van der Waals surface area contributed by atoms with E-state index >= 15 is 0 Å².